The van der Waals surface area contributed by atoms with Gasteiger partial charge in [0, 0.05) is 37.1 Å². The molecule has 37 heavy (non-hydrogen) atoms. The highest BCUT2D eigenvalue weighted by Crippen LogP contribution is 2.61. The van der Waals surface area contributed by atoms with Crippen molar-refractivity contribution in [2.75, 3.05) is 31.1 Å². The van der Waals surface area contributed by atoms with Crippen molar-refractivity contribution in [2.45, 2.75) is 22.6 Å². The maximum absolute atomic E-state index is 14.1. The molecule has 0 saturated carbocycles. The summed E-state index contributed by atoms with van der Waals surface area (Å²) in [6.07, 6.45) is 8.02. The molecule has 7 nitrogen and oxygen atoms in total. The highest BCUT2D eigenvalue weighted by molar-refractivity contribution is 8.02. The van der Waals surface area contributed by atoms with E-state index in [9.17, 15) is 19.5 Å². The fourth-order valence-corrected chi connectivity index (χ4v) is 8.32. The van der Waals surface area contributed by atoms with Crippen LogP contribution >= 0.6 is 11.8 Å². The summed E-state index contributed by atoms with van der Waals surface area (Å²) in [4.78, 5) is 47.2. The molecule has 4 heterocycles. The Labute approximate surface area is 220 Å². The average molecular weight is 516 g/mol. The Morgan fingerprint density at radius 1 is 0.892 bits per heavy atom. The monoisotopic (exact) mass is 515 g/mol. The molecule has 0 radical (unpaired) electrons. The molecule has 190 valence electrons. The summed E-state index contributed by atoms with van der Waals surface area (Å²) in [5, 5.41) is 9.63. The van der Waals surface area contributed by atoms with Crippen molar-refractivity contribution >= 4 is 35.2 Å². The molecule has 2 fully saturated rings. The highest BCUT2D eigenvalue weighted by atomic mass is 32.2. The molecule has 0 bridgehead atoms. The van der Waals surface area contributed by atoms with Crippen molar-refractivity contribution in [2.24, 2.45) is 11.8 Å². The first-order valence-corrected chi connectivity index (χ1v) is 13.6. The van der Waals surface area contributed by atoms with Gasteiger partial charge in [0.1, 0.15) is 6.04 Å². The van der Waals surface area contributed by atoms with E-state index in [2.05, 4.69) is 0 Å². The molecule has 4 aliphatic rings. The molecule has 6 rings (SSSR count). The molecule has 2 aromatic carbocycles. The third kappa shape index (κ3) is 3.81. The maximum atomic E-state index is 14.1. The second-order valence-corrected chi connectivity index (χ2v) is 11.4. The van der Waals surface area contributed by atoms with Crippen LogP contribution in [0.15, 0.2) is 85.0 Å². The second kappa shape index (κ2) is 9.50. The van der Waals surface area contributed by atoms with Crippen molar-refractivity contribution in [1.82, 2.24) is 9.80 Å². The van der Waals surface area contributed by atoms with Crippen molar-refractivity contribution in [3.8, 4) is 0 Å². The number of β-amino-alcohol motifs (C(OH)–C–C–N with tert-alkyl or cyclic N) is 1. The second-order valence-electron chi connectivity index (χ2n) is 9.92. The summed E-state index contributed by atoms with van der Waals surface area (Å²) >= 11 is 1.56. The number of rotatable bonds is 5. The van der Waals surface area contributed by atoms with Crippen LogP contribution < -0.4 is 4.90 Å². The van der Waals surface area contributed by atoms with E-state index in [-0.39, 0.29) is 36.1 Å². The molecule has 0 aromatic heterocycles. The van der Waals surface area contributed by atoms with Gasteiger partial charge in [0.05, 0.1) is 23.2 Å². The van der Waals surface area contributed by atoms with Crippen molar-refractivity contribution in [3.05, 3.63) is 90.5 Å². The third-order valence-corrected chi connectivity index (χ3v) is 9.61. The van der Waals surface area contributed by atoms with Crippen LogP contribution in [0.5, 0.6) is 0 Å². The molecule has 2 aromatic rings. The lowest BCUT2D eigenvalue weighted by Crippen LogP contribution is -2.53. The van der Waals surface area contributed by atoms with Crippen LogP contribution in [0.4, 0.5) is 5.69 Å². The van der Waals surface area contributed by atoms with E-state index in [0.717, 1.165) is 11.3 Å². The molecule has 1 spiro atoms. The van der Waals surface area contributed by atoms with Gasteiger partial charge < -0.3 is 19.8 Å². The quantitative estimate of drug-likeness (QED) is 0.619. The fraction of sp³-hybridized carbons (Fsp3) is 0.345. The van der Waals surface area contributed by atoms with Gasteiger partial charge >= 0.3 is 0 Å². The summed E-state index contributed by atoms with van der Waals surface area (Å²) < 4.78 is -0.871. The van der Waals surface area contributed by atoms with Gasteiger partial charge in [-0.3, -0.25) is 14.4 Å². The zero-order valence-corrected chi connectivity index (χ0v) is 21.2. The van der Waals surface area contributed by atoms with Gasteiger partial charge in [-0.15, -0.1) is 11.8 Å². The molecule has 1 N–H and O–H groups in total. The lowest BCUT2D eigenvalue weighted by Gasteiger charge is -2.35. The van der Waals surface area contributed by atoms with Crippen LogP contribution in [-0.2, 0) is 20.9 Å². The van der Waals surface area contributed by atoms with Crippen LogP contribution in [0.3, 0.4) is 0 Å². The summed E-state index contributed by atoms with van der Waals surface area (Å²) in [6.45, 7) is 1.11. The Morgan fingerprint density at radius 3 is 2.35 bits per heavy atom. The van der Waals surface area contributed by atoms with E-state index in [1.165, 1.54) is 4.90 Å². The van der Waals surface area contributed by atoms with E-state index in [1.54, 1.807) is 21.6 Å². The number of hydrogen-bond acceptors (Lipinski definition) is 5. The Morgan fingerprint density at radius 2 is 1.62 bits per heavy atom. The number of carbonyl (C=O) groups excluding carboxylic acids is 3. The third-order valence-electron chi connectivity index (χ3n) is 7.87. The van der Waals surface area contributed by atoms with Gasteiger partial charge in [-0.2, -0.15) is 0 Å². The van der Waals surface area contributed by atoms with E-state index in [4.69, 9.17) is 0 Å². The van der Waals surface area contributed by atoms with Crippen LogP contribution in [-0.4, -0.2) is 74.9 Å². The fourth-order valence-electron chi connectivity index (χ4n) is 6.32. The largest absolute Gasteiger partial charge is 0.395 e. The summed E-state index contributed by atoms with van der Waals surface area (Å²) in [5.41, 5.74) is 1.80. The molecular weight excluding hydrogens is 486 g/mol. The van der Waals surface area contributed by atoms with Gasteiger partial charge in [-0.05, 0) is 17.7 Å². The Kier molecular flexibility index (Phi) is 6.16. The standard InChI is InChI=1S/C29H29N3O4S/c33-18-17-32-25-28(36)30(19-20-9-3-1-4-10-20)15-8-14-29(25)24(27(32)35)23-22(37-29)13-7-16-31(26(23)34)21-11-5-2-6-12-21/h1-14,22-25,33H,15-19H2/t22-,23+,24+,25?,29+/m1/s1. The predicted octanol–water partition coefficient (Wildman–Crippen LogP) is 2.48. The summed E-state index contributed by atoms with van der Waals surface area (Å²) in [6, 6.07) is 18.5. The Balaban J connectivity index is 1.40. The van der Waals surface area contributed by atoms with Crippen LogP contribution in [0.2, 0.25) is 0 Å². The maximum Gasteiger partial charge on any atom is 0.247 e. The Hall–Kier alpha value is -3.36. The van der Waals surface area contributed by atoms with Gasteiger partial charge in [-0.1, -0.05) is 72.8 Å². The Bertz CT molecular complexity index is 1270. The topological polar surface area (TPSA) is 81.2 Å². The van der Waals surface area contributed by atoms with Gasteiger partial charge in [-0.25, -0.2) is 0 Å². The van der Waals surface area contributed by atoms with Crippen LogP contribution in [0.1, 0.15) is 5.56 Å². The minimum Gasteiger partial charge on any atom is -0.395 e. The van der Waals surface area contributed by atoms with E-state index < -0.39 is 22.6 Å². The predicted molar refractivity (Wildman–Crippen MR) is 143 cm³/mol. The molecule has 0 aliphatic carbocycles. The molecule has 3 amide bonds. The highest BCUT2D eigenvalue weighted by Gasteiger charge is 2.70. The van der Waals surface area contributed by atoms with Crippen LogP contribution in [0.25, 0.3) is 0 Å². The molecule has 1 unspecified atom stereocenters. The van der Waals surface area contributed by atoms with E-state index in [0.29, 0.717) is 19.6 Å². The number of carbonyl (C=O) groups is 3. The zero-order valence-electron chi connectivity index (χ0n) is 20.3. The number of likely N-dealkylation sites (tertiary alicyclic amines) is 1. The smallest absolute Gasteiger partial charge is 0.247 e. The van der Waals surface area contributed by atoms with E-state index >= 15 is 0 Å². The van der Waals surface area contributed by atoms with Crippen LogP contribution in [0, 0.1) is 11.8 Å². The lowest BCUT2D eigenvalue weighted by molar-refractivity contribution is -0.143. The number of amides is 3. The number of para-hydroxylation sites is 1. The summed E-state index contributed by atoms with van der Waals surface area (Å²) in [5.74, 6) is -1.74. The normalized spacial score (nSPS) is 30.7. The number of thioether (sulfide) groups is 1. The SMILES string of the molecule is O=C1C2N(CCO)C(=O)[C@@H]3[C@H]4C(=O)N(c5ccccc5)CC=C[C@H]4S[C@]23C=CCN1Cc1ccccc1. The van der Waals surface area contributed by atoms with Gasteiger partial charge in [0.15, 0.2) is 0 Å². The van der Waals surface area contributed by atoms with Crippen molar-refractivity contribution in [3.63, 3.8) is 0 Å². The number of aliphatic hydroxyl groups excluding tert-OH is 1. The molecular formula is C29H29N3O4S. The van der Waals surface area contributed by atoms with Crippen molar-refractivity contribution < 1.29 is 19.5 Å². The van der Waals surface area contributed by atoms with E-state index in [1.807, 2.05) is 85.0 Å². The number of fused-ring (bicyclic) bond motifs is 2. The minimum atomic E-state index is -0.871. The molecule has 8 heteroatoms. The molecule has 2 saturated heterocycles. The number of hydrogen-bond donors (Lipinski definition) is 1. The molecule has 5 atom stereocenters. The lowest BCUT2D eigenvalue weighted by atomic mass is 9.78. The zero-order chi connectivity index (χ0) is 25.6. The first-order valence-electron chi connectivity index (χ1n) is 12.7. The first kappa shape index (κ1) is 24.0. The number of nitrogens with zero attached hydrogens (tertiary/aromatic N) is 3. The van der Waals surface area contributed by atoms with Crippen molar-refractivity contribution in [1.29, 1.82) is 0 Å². The minimum absolute atomic E-state index is 0.0604. The number of aliphatic hydroxyl groups is 1. The van der Waals surface area contributed by atoms with Gasteiger partial charge in [0.2, 0.25) is 17.7 Å². The van der Waals surface area contributed by atoms with Gasteiger partial charge in [0.25, 0.3) is 0 Å². The number of benzene rings is 2. The summed E-state index contributed by atoms with van der Waals surface area (Å²) in [7, 11) is 0. The first-order chi connectivity index (χ1) is 18.0. The number of anilines is 1. The molecule has 4 aliphatic heterocycles. The average Bonchev–Trinajstić information content (AvgIpc) is 3.22.